The minimum atomic E-state index is -3.41. The molecule has 6 nitrogen and oxygen atoms in total. The molecule has 0 unspecified atom stereocenters. The van der Waals surface area contributed by atoms with Crippen molar-refractivity contribution in [2.45, 2.75) is 19.8 Å². The van der Waals surface area contributed by atoms with Gasteiger partial charge in [0, 0.05) is 0 Å². The predicted octanol–water partition coefficient (Wildman–Crippen LogP) is 4.34. The molecule has 0 saturated heterocycles. The molecule has 0 aromatic heterocycles. The Morgan fingerprint density at radius 3 is 2.21 bits per heavy atom. The van der Waals surface area contributed by atoms with E-state index in [0.29, 0.717) is 28.2 Å². The van der Waals surface area contributed by atoms with Gasteiger partial charge in [-0.05, 0) is 41.8 Å². The fourth-order valence-electron chi connectivity index (χ4n) is 2.35. The van der Waals surface area contributed by atoms with Crippen molar-refractivity contribution in [3.63, 3.8) is 0 Å². The van der Waals surface area contributed by atoms with Gasteiger partial charge >= 0.3 is 0 Å². The van der Waals surface area contributed by atoms with Gasteiger partial charge < -0.3 is 9.47 Å². The van der Waals surface area contributed by atoms with Crippen molar-refractivity contribution in [2.75, 3.05) is 26.0 Å². The first-order valence-electron chi connectivity index (χ1n) is 9.01. The number of carbonyl (C=O) groups is 1. The smallest absolute Gasteiger partial charge is 0.209 e. The Hall–Kier alpha value is -1.80. The van der Waals surface area contributed by atoms with Crippen molar-refractivity contribution < 1.29 is 22.7 Å². The molecular weight excluding hydrogens is 437 g/mol. The van der Waals surface area contributed by atoms with Gasteiger partial charge in [0.05, 0.1) is 29.5 Å². The van der Waals surface area contributed by atoms with Crippen LogP contribution in [0.5, 0.6) is 11.5 Å². The number of hydrogen-bond donors (Lipinski definition) is 1. The highest BCUT2D eigenvalue weighted by Crippen LogP contribution is 2.38. The van der Waals surface area contributed by atoms with Crippen molar-refractivity contribution in [3.8, 4) is 22.6 Å². The highest BCUT2D eigenvalue weighted by Gasteiger charge is 2.12. The number of rotatable bonds is 11. The summed E-state index contributed by atoms with van der Waals surface area (Å²) in [5, 5.41) is 0.876. The summed E-state index contributed by atoms with van der Waals surface area (Å²) in [6.45, 7) is 2.09. The van der Waals surface area contributed by atoms with E-state index in [-0.39, 0.29) is 18.9 Å². The second kappa shape index (κ2) is 10.8. The van der Waals surface area contributed by atoms with Gasteiger partial charge in [0.25, 0.3) is 0 Å². The predicted molar refractivity (Wildman–Crippen MR) is 116 cm³/mol. The number of Topliss-reactive ketones (excluding diaryl/α,β-unsaturated/α-hetero) is 1. The molecule has 0 fully saturated rings. The normalized spacial score (nSPS) is 11.3. The molecular formula is C20H23Cl2NO5S. The summed E-state index contributed by atoms with van der Waals surface area (Å²) in [5.74, 6) is 0.585. The summed E-state index contributed by atoms with van der Waals surface area (Å²) >= 11 is 12.6. The molecule has 1 N–H and O–H groups in total. The van der Waals surface area contributed by atoms with E-state index >= 15 is 0 Å². The second-order valence-corrected chi connectivity index (χ2v) is 9.06. The summed E-state index contributed by atoms with van der Waals surface area (Å²) in [6.07, 6.45) is 2.92. The molecule has 29 heavy (non-hydrogen) atoms. The number of halogens is 2. The van der Waals surface area contributed by atoms with Gasteiger partial charge in [-0.1, -0.05) is 48.7 Å². The summed E-state index contributed by atoms with van der Waals surface area (Å²) in [4.78, 5) is 11.7. The molecule has 0 aliphatic rings. The lowest BCUT2D eigenvalue weighted by Crippen LogP contribution is -2.31. The van der Waals surface area contributed by atoms with Gasteiger partial charge in [-0.3, -0.25) is 4.79 Å². The third kappa shape index (κ3) is 7.85. The van der Waals surface area contributed by atoms with Crippen LogP contribution in [-0.4, -0.2) is 40.2 Å². The Balaban J connectivity index is 2.00. The van der Waals surface area contributed by atoms with Crippen LogP contribution in [-0.2, 0) is 14.8 Å². The average molecular weight is 460 g/mol. The maximum Gasteiger partial charge on any atom is 0.209 e. The second-order valence-electron chi connectivity index (χ2n) is 6.42. The van der Waals surface area contributed by atoms with Crippen LogP contribution in [0.1, 0.15) is 19.8 Å². The number of ketones is 1. The first-order chi connectivity index (χ1) is 13.7. The first kappa shape index (κ1) is 23.5. The van der Waals surface area contributed by atoms with Crippen LogP contribution in [0.3, 0.4) is 0 Å². The lowest BCUT2D eigenvalue weighted by molar-refractivity contribution is -0.119. The van der Waals surface area contributed by atoms with E-state index in [2.05, 4.69) is 11.6 Å². The van der Waals surface area contributed by atoms with Crippen molar-refractivity contribution in [2.24, 2.45) is 0 Å². The number of sulfonamides is 1. The molecule has 2 rings (SSSR count). The highest BCUT2D eigenvalue weighted by molar-refractivity contribution is 7.88. The molecule has 0 atom stereocenters. The molecule has 0 radical (unpaired) electrons. The van der Waals surface area contributed by atoms with E-state index < -0.39 is 10.0 Å². The number of carbonyl (C=O) groups excluding carboxylic acids is 1. The van der Waals surface area contributed by atoms with Crippen molar-refractivity contribution >= 4 is 39.0 Å². The molecule has 0 aliphatic heterocycles. The SMILES string of the molecule is CCCCOc1c(Cl)cc(-c2ccc(OCC(=O)CNS(C)(=O)=O)cc2)cc1Cl. The van der Waals surface area contributed by atoms with E-state index in [1.807, 2.05) is 12.1 Å². The fourth-order valence-corrected chi connectivity index (χ4v) is 3.37. The highest BCUT2D eigenvalue weighted by atomic mass is 35.5. The topological polar surface area (TPSA) is 81.7 Å². The molecule has 158 valence electrons. The first-order valence-corrected chi connectivity index (χ1v) is 11.7. The van der Waals surface area contributed by atoms with Gasteiger partial charge in [0.2, 0.25) is 10.0 Å². The molecule has 9 heteroatoms. The molecule has 0 bridgehead atoms. The van der Waals surface area contributed by atoms with Crippen LogP contribution in [0.2, 0.25) is 10.0 Å². The zero-order chi connectivity index (χ0) is 21.4. The third-order valence-electron chi connectivity index (χ3n) is 3.86. The summed E-state index contributed by atoms with van der Waals surface area (Å²) in [6, 6.07) is 10.6. The summed E-state index contributed by atoms with van der Waals surface area (Å²) < 4.78 is 35.1. The number of unbranched alkanes of at least 4 members (excludes halogenated alkanes) is 1. The standard InChI is InChI=1S/C20H23Cl2NO5S/c1-3-4-9-27-20-18(21)10-15(11-19(20)22)14-5-7-17(8-6-14)28-13-16(24)12-23-29(2,25)26/h5-8,10-11,23H,3-4,9,12-13H2,1-2H3. The van der Waals surface area contributed by atoms with Gasteiger partial charge in [0.1, 0.15) is 12.4 Å². The third-order valence-corrected chi connectivity index (χ3v) is 5.09. The molecule has 0 aliphatic carbocycles. The van der Waals surface area contributed by atoms with E-state index in [0.717, 1.165) is 30.2 Å². The maximum atomic E-state index is 11.7. The summed E-state index contributed by atoms with van der Waals surface area (Å²) in [7, 11) is -3.41. The number of ether oxygens (including phenoxy) is 2. The fraction of sp³-hybridized carbons (Fsp3) is 0.350. The number of benzene rings is 2. The Morgan fingerprint density at radius 1 is 1.03 bits per heavy atom. The summed E-state index contributed by atoms with van der Waals surface area (Å²) in [5.41, 5.74) is 1.69. The molecule has 0 heterocycles. The minimum Gasteiger partial charge on any atom is -0.490 e. The van der Waals surface area contributed by atoms with Crippen LogP contribution < -0.4 is 14.2 Å². The molecule has 0 amide bonds. The van der Waals surface area contributed by atoms with Gasteiger partial charge in [0.15, 0.2) is 11.5 Å². The van der Waals surface area contributed by atoms with Crippen LogP contribution in [0.25, 0.3) is 11.1 Å². The van der Waals surface area contributed by atoms with Crippen LogP contribution in [0.4, 0.5) is 0 Å². The molecule has 0 spiro atoms. The van der Waals surface area contributed by atoms with Crippen molar-refractivity contribution in [1.29, 1.82) is 0 Å². The average Bonchev–Trinajstić information content (AvgIpc) is 2.66. The van der Waals surface area contributed by atoms with Gasteiger partial charge in [-0.2, -0.15) is 0 Å². The maximum absolute atomic E-state index is 11.7. The van der Waals surface area contributed by atoms with Crippen LogP contribution in [0, 0.1) is 0 Å². The zero-order valence-electron chi connectivity index (χ0n) is 16.2. The lowest BCUT2D eigenvalue weighted by atomic mass is 10.1. The Bertz CT molecular complexity index is 923. The zero-order valence-corrected chi connectivity index (χ0v) is 18.5. The van der Waals surface area contributed by atoms with E-state index in [1.165, 1.54) is 0 Å². The Morgan fingerprint density at radius 2 is 1.66 bits per heavy atom. The monoisotopic (exact) mass is 459 g/mol. The number of hydrogen-bond acceptors (Lipinski definition) is 5. The number of nitrogens with one attached hydrogen (secondary N) is 1. The molecule has 2 aromatic rings. The largest absolute Gasteiger partial charge is 0.490 e. The van der Waals surface area contributed by atoms with Gasteiger partial charge in [-0.25, -0.2) is 13.1 Å². The quantitative estimate of drug-likeness (QED) is 0.505. The molecule has 2 aromatic carbocycles. The van der Waals surface area contributed by atoms with E-state index in [4.69, 9.17) is 32.7 Å². The Labute approximate surface area is 181 Å². The lowest BCUT2D eigenvalue weighted by Gasteiger charge is -2.12. The van der Waals surface area contributed by atoms with E-state index in [1.54, 1.807) is 24.3 Å². The minimum absolute atomic E-state index is 0.233. The van der Waals surface area contributed by atoms with Crippen LogP contribution in [0.15, 0.2) is 36.4 Å². The Kier molecular flexibility index (Phi) is 8.77. The van der Waals surface area contributed by atoms with Crippen molar-refractivity contribution in [1.82, 2.24) is 4.72 Å². The molecule has 0 saturated carbocycles. The van der Waals surface area contributed by atoms with Crippen LogP contribution >= 0.6 is 23.2 Å². The van der Waals surface area contributed by atoms with Crippen molar-refractivity contribution in [3.05, 3.63) is 46.4 Å². The van der Waals surface area contributed by atoms with E-state index in [9.17, 15) is 13.2 Å². The van der Waals surface area contributed by atoms with Gasteiger partial charge in [-0.15, -0.1) is 0 Å².